The van der Waals surface area contributed by atoms with Crippen molar-refractivity contribution in [2.45, 2.75) is 6.92 Å². The summed E-state index contributed by atoms with van der Waals surface area (Å²) in [6.45, 7) is 1.79. The van der Waals surface area contributed by atoms with E-state index in [-0.39, 0.29) is 5.84 Å². The Morgan fingerprint density at radius 2 is 2.14 bits per heavy atom. The second-order valence-corrected chi connectivity index (χ2v) is 3.01. The quantitative estimate of drug-likeness (QED) is 0.312. The molecule has 72 valence electrons. The molecule has 4 nitrogen and oxygen atoms in total. The summed E-state index contributed by atoms with van der Waals surface area (Å²) >= 11 is 0. The third-order valence-electron chi connectivity index (χ3n) is 2.14. The van der Waals surface area contributed by atoms with E-state index in [4.69, 9.17) is 15.4 Å². The van der Waals surface area contributed by atoms with Gasteiger partial charge in [0.05, 0.1) is 5.56 Å². The molecule has 0 aliphatic carbocycles. The number of para-hydroxylation sites is 1. The second-order valence-electron chi connectivity index (χ2n) is 3.01. The van der Waals surface area contributed by atoms with Gasteiger partial charge in [0.2, 0.25) is 0 Å². The van der Waals surface area contributed by atoms with Crippen LogP contribution in [-0.4, -0.2) is 11.0 Å². The van der Waals surface area contributed by atoms with Crippen molar-refractivity contribution in [2.75, 3.05) is 0 Å². The van der Waals surface area contributed by atoms with E-state index >= 15 is 0 Å². The van der Waals surface area contributed by atoms with E-state index in [1.807, 2.05) is 24.3 Å². The summed E-state index contributed by atoms with van der Waals surface area (Å²) < 4.78 is 5.45. The fraction of sp³-hybridized carbons (Fsp3) is 0.100. The summed E-state index contributed by atoms with van der Waals surface area (Å²) in [5, 5.41) is 12.4. The van der Waals surface area contributed by atoms with Crippen LogP contribution in [0.3, 0.4) is 0 Å². The van der Waals surface area contributed by atoms with E-state index in [0.29, 0.717) is 11.3 Å². The number of hydrogen-bond donors (Lipinski definition) is 2. The van der Waals surface area contributed by atoms with Crippen LogP contribution >= 0.6 is 0 Å². The zero-order valence-corrected chi connectivity index (χ0v) is 7.69. The van der Waals surface area contributed by atoms with Crippen LogP contribution in [0.5, 0.6) is 0 Å². The first-order chi connectivity index (χ1) is 6.74. The molecule has 1 aromatic carbocycles. The monoisotopic (exact) mass is 190 g/mol. The minimum atomic E-state index is 0.0763. The first-order valence-electron chi connectivity index (χ1n) is 4.20. The Bertz CT molecular complexity index is 500. The predicted molar refractivity (Wildman–Crippen MR) is 53.5 cm³/mol. The van der Waals surface area contributed by atoms with Gasteiger partial charge < -0.3 is 15.4 Å². The lowest BCUT2D eigenvalue weighted by atomic mass is 10.1. The highest BCUT2D eigenvalue weighted by Crippen LogP contribution is 2.24. The molecule has 3 N–H and O–H groups in total. The summed E-state index contributed by atoms with van der Waals surface area (Å²) in [5.74, 6) is 0.731. The van der Waals surface area contributed by atoms with Gasteiger partial charge in [-0.1, -0.05) is 23.4 Å². The van der Waals surface area contributed by atoms with Crippen LogP contribution < -0.4 is 5.73 Å². The second kappa shape index (κ2) is 3.06. The van der Waals surface area contributed by atoms with Crippen LogP contribution in [0.4, 0.5) is 0 Å². The molecule has 0 unspecified atom stereocenters. The molecular formula is C10H10N2O2. The van der Waals surface area contributed by atoms with Gasteiger partial charge in [-0.05, 0) is 13.0 Å². The van der Waals surface area contributed by atoms with E-state index in [2.05, 4.69) is 5.16 Å². The van der Waals surface area contributed by atoms with E-state index in [1.54, 1.807) is 6.92 Å². The molecule has 1 heterocycles. The zero-order valence-electron chi connectivity index (χ0n) is 7.69. The number of benzene rings is 1. The average molecular weight is 190 g/mol. The third-order valence-corrected chi connectivity index (χ3v) is 2.14. The summed E-state index contributed by atoms with van der Waals surface area (Å²) in [5.41, 5.74) is 6.94. The fourth-order valence-corrected chi connectivity index (χ4v) is 1.54. The summed E-state index contributed by atoms with van der Waals surface area (Å²) in [6.07, 6.45) is 0. The van der Waals surface area contributed by atoms with Gasteiger partial charge in [-0.15, -0.1) is 0 Å². The smallest absolute Gasteiger partial charge is 0.174 e. The van der Waals surface area contributed by atoms with Gasteiger partial charge in [-0.2, -0.15) is 0 Å². The normalized spacial score (nSPS) is 12.2. The van der Waals surface area contributed by atoms with Gasteiger partial charge in [0, 0.05) is 5.39 Å². The molecular weight excluding hydrogens is 180 g/mol. The molecule has 2 aromatic rings. The molecule has 0 aliphatic heterocycles. The van der Waals surface area contributed by atoms with Crippen LogP contribution in [-0.2, 0) is 0 Å². The molecule has 0 saturated carbocycles. The van der Waals surface area contributed by atoms with Crippen molar-refractivity contribution in [1.29, 1.82) is 0 Å². The van der Waals surface area contributed by atoms with Gasteiger partial charge in [0.1, 0.15) is 11.3 Å². The average Bonchev–Trinajstić information content (AvgIpc) is 2.53. The van der Waals surface area contributed by atoms with Gasteiger partial charge in [0.25, 0.3) is 0 Å². The van der Waals surface area contributed by atoms with Crippen molar-refractivity contribution in [1.82, 2.24) is 0 Å². The van der Waals surface area contributed by atoms with Gasteiger partial charge in [-0.3, -0.25) is 0 Å². The highest BCUT2D eigenvalue weighted by Gasteiger charge is 2.13. The largest absolute Gasteiger partial charge is 0.461 e. The number of hydrogen-bond acceptors (Lipinski definition) is 3. The lowest BCUT2D eigenvalue weighted by molar-refractivity contribution is 0.318. The Balaban J connectivity index is 2.81. The number of rotatable bonds is 1. The number of amidine groups is 1. The van der Waals surface area contributed by atoms with Gasteiger partial charge in [-0.25, -0.2) is 0 Å². The minimum Gasteiger partial charge on any atom is -0.461 e. The predicted octanol–water partition coefficient (Wildman–Crippen LogP) is 1.84. The number of furan rings is 1. The first kappa shape index (κ1) is 8.62. The lowest BCUT2D eigenvalue weighted by Gasteiger charge is -1.95. The van der Waals surface area contributed by atoms with Crippen molar-refractivity contribution in [3.8, 4) is 0 Å². The molecule has 4 heteroatoms. The van der Waals surface area contributed by atoms with Crippen LogP contribution in [0.2, 0.25) is 0 Å². The molecule has 1 aromatic heterocycles. The molecule has 0 aliphatic rings. The highest BCUT2D eigenvalue weighted by molar-refractivity contribution is 6.08. The Morgan fingerprint density at radius 3 is 2.86 bits per heavy atom. The Morgan fingerprint density at radius 1 is 1.43 bits per heavy atom. The summed E-state index contributed by atoms with van der Waals surface area (Å²) in [4.78, 5) is 0. The van der Waals surface area contributed by atoms with Crippen molar-refractivity contribution in [2.24, 2.45) is 10.9 Å². The Hall–Kier alpha value is -1.97. The Labute approximate surface area is 80.6 Å². The van der Waals surface area contributed by atoms with Gasteiger partial charge in [0.15, 0.2) is 5.84 Å². The highest BCUT2D eigenvalue weighted by atomic mass is 16.4. The molecule has 0 bridgehead atoms. The van der Waals surface area contributed by atoms with Crippen LogP contribution in [0.15, 0.2) is 33.8 Å². The SMILES string of the molecule is Cc1oc2ccccc2c1/C(N)=N/O. The maximum absolute atomic E-state index is 8.61. The Kier molecular flexibility index (Phi) is 1.89. The zero-order chi connectivity index (χ0) is 10.1. The lowest BCUT2D eigenvalue weighted by Crippen LogP contribution is -2.13. The van der Waals surface area contributed by atoms with Crippen LogP contribution in [0.1, 0.15) is 11.3 Å². The molecule has 2 rings (SSSR count). The van der Waals surface area contributed by atoms with E-state index in [0.717, 1.165) is 11.0 Å². The third kappa shape index (κ3) is 1.12. The van der Waals surface area contributed by atoms with Crippen molar-refractivity contribution in [3.63, 3.8) is 0 Å². The summed E-state index contributed by atoms with van der Waals surface area (Å²) in [6, 6.07) is 7.47. The molecule has 0 fully saturated rings. The fourth-order valence-electron chi connectivity index (χ4n) is 1.54. The first-order valence-corrected chi connectivity index (χ1v) is 4.20. The molecule has 0 saturated heterocycles. The van der Waals surface area contributed by atoms with E-state index in [9.17, 15) is 0 Å². The van der Waals surface area contributed by atoms with Crippen molar-refractivity contribution >= 4 is 16.8 Å². The minimum absolute atomic E-state index is 0.0763. The maximum atomic E-state index is 8.61. The molecule has 0 amide bonds. The number of nitrogens with zero attached hydrogens (tertiary/aromatic N) is 1. The number of aryl methyl sites for hydroxylation is 1. The number of oxime groups is 1. The molecule has 14 heavy (non-hydrogen) atoms. The van der Waals surface area contributed by atoms with Crippen molar-refractivity contribution < 1.29 is 9.62 Å². The van der Waals surface area contributed by atoms with E-state index in [1.165, 1.54) is 0 Å². The molecule has 0 radical (unpaired) electrons. The van der Waals surface area contributed by atoms with Crippen LogP contribution in [0, 0.1) is 6.92 Å². The molecule has 0 atom stereocenters. The number of fused-ring (bicyclic) bond motifs is 1. The summed E-state index contributed by atoms with van der Waals surface area (Å²) in [7, 11) is 0. The maximum Gasteiger partial charge on any atom is 0.174 e. The number of nitrogens with two attached hydrogens (primary N) is 1. The topological polar surface area (TPSA) is 71.8 Å². The van der Waals surface area contributed by atoms with Gasteiger partial charge >= 0.3 is 0 Å². The van der Waals surface area contributed by atoms with E-state index < -0.39 is 0 Å². The molecule has 0 spiro atoms. The van der Waals surface area contributed by atoms with Crippen molar-refractivity contribution in [3.05, 3.63) is 35.6 Å². The standard InChI is InChI=1S/C10H10N2O2/c1-6-9(10(11)12-13)7-4-2-3-5-8(7)14-6/h2-5,13H,1H3,(H2,11,12). The van der Waals surface area contributed by atoms with Crippen LogP contribution in [0.25, 0.3) is 11.0 Å².